The molecule has 2 aliphatic rings. The van der Waals surface area contributed by atoms with Crippen molar-refractivity contribution in [1.29, 1.82) is 0 Å². The van der Waals surface area contributed by atoms with Crippen LogP contribution in [0.5, 0.6) is 0 Å². The molecule has 2 aromatic heterocycles. The number of likely N-dealkylation sites (N-methyl/N-ethyl adjacent to an activating group) is 1. The molecular weight excluding hydrogens is 398 g/mol. The lowest BCUT2D eigenvalue weighted by atomic mass is 9.80. The third-order valence-corrected chi connectivity index (χ3v) is 7.76. The molecule has 2 aromatic rings. The predicted molar refractivity (Wildman–Crippen MR) is 117 cm³/mol. The number of aromatic nitrogens is 1. The number of ketones is 1. The van der Waals surface area contributed by atoms with Gasteiger partial charge in [-0.25, -0.2) is 4.79 Å². The van der Waals surface area contributed by atoms with E-state index in [1.807, 2.05) is 26.0 Å². The normalized spacial score (nSPS) is 18.6. The second-order valence-corrected chi connectivity index (χ2v) is 9.55. The maximum atomic E-state index is 13.2. The fourth-order valence-corrected chi connectivity index (χ4v) is 5.70. The number of rotatable bonds is 6. The van der Waals surface area contributed by atoms with E-state index in [-0.39, 0.29) is 24.3 Å². The smallest absolute Gasteiger partial charge is 0.327 e. The van der Waals surface area contributed by atoms with E-state index in [1.54, 1.807) is 23.3 Å². The third-order valence-electron chi connectivity index (χ3n) is 6.82. The Morgan fingerprint density at radius 3 is 2.57 bits per heavy atom. The Balaban J connectivity index is 1.50. The zero-order valence-corrected chi connectivity index (χ0v) is 18.8. The lowest BCUT2D eigenvalue weighted by Gasteiger charge is -2.35. The monoisotopic (exact) mass is 427 g/mol. The Morgan fingerprint density at radius 1 is 1.17 bits per heavy atom. The molecule has 1 spiro atoms. The van der Waals surface area contributed by atoms with E-state index >= 15 is 0 Å². The van der Waals surface area contributed by atoms with Crippen LogP contribution >= 0.6 is 11.3 Å². The van der Waals surface area contributed by atoms with Gasteiger partial charge in [0, 0.05) is 35.4 Å². The topological polar surface area (TPSA) is 62.6 Å². The molecule has 0 aromatic carbocycles. The van der Waals surface area contributed by atoms with E-state index in [2.05, 4.69) is 16.0 Å². The van der Waals surface area contributed by atoms with Gasteiger partial charge in [-0.15, -0.1) is 11.3 Å². The zero-order valence-electron chi connectivity index (χ0n) is 17.9. The van der Waals surface area contributed by atoms with Crippen LogP contribution < -0.4 is 0 Å². The van der Waals surface area contributed by atoms with E-state index in [0.29, 0.717) is 18.4 Å². The number of Topliss-reactive ketones (excluding diaryl/α,β-unsaturated/α-hetero) is 1. The molecule has 3 amide bonds. The molecule has 0 radical (unpaired) electrons. The summed E-state index contributed by atoms with van der Waals surface area (Å²) in [6.07, 6.45) is 5.27. The van der Waals surface area contributed by atoms with Crippen molar-refractivity contribution in [3.63, 3.8) is 0 Å². The van der Waals surface area contributed by atoms with Crippen molar-refractivity contribution in [3.8, 4) is 0 Å². The van der Waals surface area contributed by atoms with E-state index in [0.717, 1.165) is 43.6 Å². The fourth-order valence-electron chi connectivity index (χ4n) is 5.00. The molecule has 1 aliphatic carbocycles. The van der Waals surface area contributed by atoms with Gasteiger partial charge in [0.25, 0.3) is 5.91 Å². The summed E-state index contributed by atoms with van der Waals surface area (Å²) < 4.78 is 2.15. The molecule has 0 bridgehead atoms. The van der Waals surface area contributed by atoms with Gasteiger partial charge in [0.05, 0.1) is 6.54 Å². The molecule has 3 heterocycles. The molecule has 4 rings (SSSR count). The predicted octanol–water partition coefficient (Wildman–Crippen LogP) is 4.19. The quantitative estimate of drug-likeness (QED) is 0.513. The number of urea groups is 1. The summed E-state index contributed by atoms with van der Waals surface area (Å²) in [5, 5.41) is 2.07. The zero-order chi connectivity index (χ0) is 21.5. The Morgan fingerprint density at radius 2 is 1.90 bits per heavy atom. The summed E-state index contributed by atoms with van der Waals surface area (Å²) in [6.45, 7) is 4.56. The third kappa shape index (κ3) is 3.39. The molecule has 2 fully saturated rings. The number of amides is 3. The van der Waals surface area contributed by atoms with Gasteiger partial charge in [-0.05, 0) is 50.6 Å². The lowest BCUT2D eigenvalue weighted by molar-refractivity contribution is -0.134. The summed E-state index contributed by atoms with van der Waals surface area (Å²) in [7, 11) is 1.70. The van der Waals surface area contributed by atoms with Crippen LogP contribution in [0.25, 0.3) is 0 Å². The molecule has 1 saturated heterocycles. The van der Waals surface area contributed by atoms with Gasteiger partial charge in [-0.1, -0.05) is 25.3 Å². The molecule has 30 heavy (non-hydrogen) atoms. The molecule has 160 valence electrons. The van der Waals surface area contributed by atoms with E-state index in [1.165, 1.54) is 9.78 Å². The molecule has 0 atom stereocenters. The van der Waals surface area contributed by atoms with Crippen molar-refractivity contribution in [2.45, 2.75) is 64.5 Å². The number of thiophene rings is 1. The minimum Gasteiger partial charge on any atom is -0.348 e. The van der Waals surface area contributed by atoms with Gasteiger partial charge >= 0.3 is 6.03 Å². The Hall–Kier alpha value is -2.41. The molecular formula is C23H29N3O3S. The molecule has 1 saturated carbocycles. The number of carbonyl (C=O) groups is 3. The van der Waals surface area contributed by atoms with Gasteiger partial charge in [0.2, 0.25) is 0 Å². The number of nitrogens with zero attached hydrogens (tertiary/aromatic N) is 3. The van der Waals surface area contributed by atoms with E-state index in [4.69, 9.17) is 0 Å². The first-order valence-corrected chi connectivity index (χ1v) is 11.6. The highest BCUT2D eigenvalue weighted by Gasteiger charge is 2.55. The minimum absolute atomic E-state index is 0.173. The number of hydrogen-bond acceptors (Lipinski definition) is 4. The van der Waals surface area contributed by atoms with Crippen LogP contribution in [0.4, 0.5) is 4.79 Å². The molecule has 1 aliphatic heterocycles. The Kier molecular flexibility index (Phi) is 5.57. The van der Waals surface area contributed by atoms with Crippen LogP contribution in [0.15, 0.2) is 23.6 Å². The summed E-state index contributed by atoms with van der Waals surface area (Å²) >= 11 is 1.73. The van der Waals surface area contributed by atoms with Crippen molar-refractivity contribution in [3.05, 3.63) is 45.4 Å². The Bertz CT molecular complexity index is 970. The summed E-state index contributed by atoms with van der Waals surface area (Å²) in [6, 6.07) is 5.70. The van der Waals surface area contributed by atoms with Crippen LogP contribution in [0, 0.1) is 13.8 Å². The molecule has 0 N–H and O–H groups in total. The van der Waals surface area contributed by atoms with E-state index < -0.39 is 5.54 Å². The maximum absolute atomic E-state index is 13.2. The second-order valence-electron chi connectivity index (χ2n) is 8.51. The largest absolute Gasteiger partial charge is 0.348 e. The number of carbonyl (C=O) groups excluding carboxylic acids is 3. The van der Waals surface area contributed by atoms with Gasteiger partial charge in [-0.3, -0.25) is 14.5 Å². The standard InChI is InChI=1S/C23H29N3O3S/c1-16-14-19(17(2)25(16)12-9-18-8-7-13-30-18)20(27)15-26-21(28)23(24(3)22(26)29)10-5-4-6-11-23/h7-8,13-14H,4-6,9-12,15H2,1-3H3. The molecule has 7 heteroatoms. The summed E-state index contributed by atoms with van der Waals surface area (Å²) in [4.78, 5) is 43.2. The highest BCUT2D eigenvalue weighted by atomic mass is 32.1. The maximum Gasteiger partial charge on any atom is 0.327 e. The lowest BCUT2D eigenvalue weighted by Crippen LogP contribution is -2.49. The number of aryl methyl sites for hydroxylation is 2. The molecule has 6 nitrogen and oxygen atoms in total. The van der Waals surface area contributed by atoms with E-state index in [9.17, 15) is 14.4 Å². The summed E-state index contributed by atoms with van der Waals surface area (Å²) in [5.41, 5.74) is 1.78. The van der Waals surface area contributed by atoms with Crippen molar-refractivity contribution < 1.29 is 14.4 Å². The van der Waals surface area contributed by atoms with Crippen molar-refractivity contribution in [2.24, 2.45) is 0 Å². The first-order chi connectivity index (χ1) is 14.3. The first kappa shape index (κ1) is 20.8. The average molecular weight is 428 g/mol. The first-order valence-electron chi connectivity index (χ1n) is 10.7. The number of imide groups is 1. The SMILES string of the molecule is Cc1cc(C(=O)CN2C(=O)N(C)C3(CCCCC3)C2=O)c(C)n1CCc1cccs1. The minimum atomic E-state index is -0.743. The van der Waals surface area contributed by atoms with Gasteiger partial charge in [-0.2, -0.15) is 0 Å². The van der Waals surface area contributed by atoms with Gasteiger partial charge in [0.15, 0.2) is 5.78 Å². The van der Waals surface area contributed by atoms with Crippen molar-refractivity contribution >= 4 is 29.1 Å². The van der Waals surface area contributed by atoms with Crippen LogP contribution in [-0.2, 0) is 17.8 Å². The summed E-state index contributed by atoms with van der Waals surface area (Å²) in [5.74, 6) is -0.372. The number of hydrogen-bond donors (Lipinski definition) is 0. The molecule has 0 unspecified atom stereocenters. The van der Waals surface area contributed by atoms with Crippen molar-refractivity contribution in [1.82, 2.24) is 14.4 Å². The van der Waals surface area contributed by atoms with Crippen LogP contribution in [0.1, 0.15) is 58.7 Å². The average Bonchev–Trinajstić information content (AvgIpc) is 3.40. The van der Waals surface area contributed by atoms with Crippen LogP contribution in [-0.4, -0.2) is 51.2 Å². The van der Waals surface area contributed by atoms with Gasteiger partial charge < -0.3 is 9.47 Å². The van der Waals surface area contributed by atoms with Gasteiger partial charge in [0.1, 0.15) is 5.54 Å². The second kappa shape index (κ2) is 8.02. The highest BCUT2D eigenvalue weighted by Crippen LogP contribution is 2.39. The van der Waals surface area contributed by atoms with Crippen molar-refractivity contribution in [2.75, 3.05) is 13.6 Å². The van der Waals surface area contributed by atoms with Crippen LogP contribution in [0.3, 0.4) is 0 Å². The highest BCUT2D eigenvalue weighted by molar-refractivity contribution is 7.09. The fraction of sp³-hybridized carbons (Fsp3) is 0.522. The van der Waals surface area contributed by atoms with Crippen LogP contribution in [0.2, 0.25) is 0 Å². The Labute approximate surface area is 181 Å².